The summed E-state index contributed by atoms with van der Waals surface area (Å²) in [5, 5.41) is 11.0. The van der Waals surface area contributed by atoms with Crippen molar-refractivity contribution in [3.63, 3.8) is 0 Å². The van der Waals surface area contributed by atoms with E-state index < -0.39 is 5.97 Å². The Kier molecular flexibility index (Phi) is 9.24. The second-order valence-electron chi connectivity index (χ2n) is 7.16. The summed E-state index contributed by atoms with van der Waals surface area (Å²) in [6.45, 7) is 6.56. The number of hydrogen-bond acceptors (Lipinski definition) is 5. The monoisotopic (exact) mass is 432 g/mol. The van der Waals surface area contributed by atoms with Crippen LogP contribution in [0.3, 0.4) is 0 Å². The second-order valence-corrected chi connectivity index (χ2v) is 8.21. The number of benzene rings is 2. The van der Waals surface area contributed by atoms with E-state index in [9.17, 15) is 14.3 Å². The van der Waals surface area contributed by atoms with Gasteiger partial charge in [-0.2, -0.15) is 0 Å². The normalized spacial score (nSPS) is 10.6. The number of methoxy groups -OCH3 is 1. The van der Waals surface area contributed by atoms with Gasteiger partial charge in [-0.15, -0.1) is 11.8 Å². The summed E-state index contributed by atoms with van der Waals surface area (Å²) in [4.78, 5) is 13.3. The van der Waals surface area contributed by atoms with E-state index in [0.717, 1.165) is 23.3 Å². The first-order valence-electron chi connectivity index (χ1n) is 9.97. The Morgan fingerprint density at radius 1 is 1.23 bits per heavy atom. The second kappa shape index (κ2) is 11.6. The highest BCUT2D eigenvalue weighted by atomic mass is 32.2. The number of rotatable bonds is 10. The molecule has 2 aromatic carbocycles. The van der Waals surface area contributed by atoms with Gasteiger partial charge in [0.25, 0.3) is 0 Å². The van der Waals surface area contributed by atoms with E-state index in [0.29, 0.717) is 35.7 Å². The molecule has 6 heteroatoms. The van der Waals surface area contributed by atoms with Crippen molar-refractivity contribution in [2.45, 2.75) is 50.7 Å². The zero-order valence-corrected chi connectivity index (χ0v) is 18.8. The highest BCUT2D eigenvalue weighted by molar-refractivity contribution is 7.98. The molecule has 0 fully saturated rings. The molecular weight excluding hydrogens is 403 g/mol. The van der Waals surface area contributed by atoms with Crippen LogP contribution in [0.25, 0.3) is 0 Å². The number of carbonyl (C=O) groups is 1. The molecular formula is C24H29FO4S. The van der Waals surface area contributed by atoms with Crippen LogP contribution in [0.2, 0.25) is 0 Å². The van der Waals surface area contributed by atoms with Crippen LogP contribution >= 0.6 is 11.8 Å². The van der Waals surface area contributed by atoms with E-state index in [1.54, 1.807) is 12.1 Å². The molecule has 30 heavy (non-hydrogen) atoms. The Bertz CT molecular complexity index is 887. The number of thioether (sulfide) groups is 1. The first-order valence-corrected chi connectivity index (χ1v) is 11.0. The van der Waals surface area contributed by atoms with E-state index >= 15 is 0 Å². The van der Waals surface area contributed by atoms with Crippen molar-refractivity contribution in [1.29, 1.82) is 0 Å². The summed E-state index contributed by atoms with van der Waals surface area (Å²) in [7, 11) is 1.29. The minimum atomic E-state index is -0.597. The molecule has 0 amide bonds. The lowest BCUT2D eigenvalue weighted by Gasteiger charge is -2.18. The SMILES string of the molecule is CCCCOc1cc(CSc2ccc(F)cc2)c(C(=O)OC)c(O)c1CC=C(C)C. The van der Waals surface area contributed by atoms with Gasteiger partial charge >= 0.3 is 5.97 Å². The fraction of sp³-hybridized carbons (Fsp3) is 0.375. The Morgan fingerprint density at radius 3 is 2.53 bits per heavy atom. The number of unbranched alkanes of at least 4 members (excludes halogenated alkanes) is 1. The van der Waals surface area contributed by atoms with Crippen LogP contribution in [0.5, 0.6) is 11.5 Å². The predicted octanol–water partition coefficient (Wildman–Crippen LogP) is 6.30. The minimum Gasteiger partial charge on any atom is -0.507 e. The summed E-state index contributed by atoms with van der Waals surface area (Å²) < 4.78 is 24.1. The summed E-state index contributed by atoms with van der Waals surface area (Å²) in [5.74, 6) is -0.0384. The van der Waals surface area contributed by atoms with Gasteiger partial charge in [0.15, 0.2) is 0 Å². The zero-order valence-electron chi connectivity index (χ0n) is 18.0. The van der Waals surface area contributed by atoms with Crippen LogP contribution in [0.1, 0.15) is 55.1 Å². The van der Waals surface area contributed by atoms with Crippen molar-refractivity contribution in [2.75, 3.05) is 13.7 Å². The van der Waals surface area contributed by atoms with Gasteiger partial charge < -0.3 is 14.6 Å². The average Bonchev–Trinajstić information content (AvgIpc) is 2.72. The molecule has 2 rings (SSSR count). The lowest BCUT2D eigenvalue weighted by atomic mass is 9.99. The van der Waals surface area contributed by atoms with Gasteiger partial charge in [-0.25, -0.2) is 9.18 Å². The Morgan fingerprint density at radius 2 is 1.93 bits per heavy atom. The smallest absolute Gasteiger partial charge is 0.341 e. The molecule has 0 aliphatic heterocycles. The van der Waals surface area contributed by atoms with Gasteiger partial charge in [0, 0.05) is 16.2 Å². The topological polar surface area (TPSA) is 55.8 Å². The molecule has 4 nitrogen and oxygen atoms in total. The van der Waals surface area contributed by atoms with Crippen molar-refractivity contribution in [3.05, 3.63) is 64.5 Å². The van der Waals surface area contributed by atoms with Crippen molar-refractivity contribution in [2.24, 2.45) is 0 Å². The van der Waals surface area contributed by atoms with Gasteiger partial charge in [-0.3, -0.25) is 0 Å². The van der Waals surface area contributed by atoms with Crippen LogP contribution in [-0.2, 0) is 16.9 Å². The number of carbonyl (C=O) groups excluding carboxylic acids is 1. The molecule has 0 saturated carbocycles. The third-order valence-corrected chi connectivity index (χ3v) is 5.57. The van der Waals surface area contributed by atoms with E-state index in [-0.39, 0.29) is 17.1 Å². The maximum atomic E-state index is 13.2. The van der Waals surface area contributed by atoms with Gasteiger partial charge in [0.1, 0.15) is 22.9 Å². The fourth-order valence-electron chi connectivity index (χ4n) is 2.83. The summed E-state index contributed by atoms with van der Waals surface area (Å²) in [6, 6.07) is 7.96. The van der Waals surface area contributed by atoms with Crippen LogP contribution in [0.15, 0.2) is 46.9 Å². The average molecular weight is 433 g/mol. The fourth-order valence-corrected chi connectivity index (χ4v) is 3.71. The molecule has 0 unspecified atom stereocenters. The Hall–Kier alpha value is -2.47. The molecule has 2 aromatic rings. The number of allylic oxidation sites excluding steroid dienone is 2. The quantitative estimate of drug-likeness (QED) is 0.207. The largest absolute Gasteiger partial charge is 0.507 e. The third kappa shape index (κ3) is 6.52. The standard InChI is InChI=1S/C24H29FO4S/c1-5-6-13-29-21-14-17(15-30-19-10-8-18(25)9-11-19)22(24(27)28-4)23(26)20(21)12-7-16(2)3/h7-11,14,26H,5-6,12-13,15H2,1-4H3. The molecule has 162 valence electrons. The molecule has 0 atom stereocenters. The van der Waals surface area contributed by atoms with Crippen molar-refractivity contribution in [3.8, 4) is 11.5 Å². The van der Waals surface area contributed by atoms with Gasteiger partial charge in [0.2, 0.25) is 0 Å². The van der Waals surface area contributed by atoms with Crippen LogP contribution in [-0.4, -0.2) is 24.8 Å². The number of esters is 1. The first kappa shape index (κ1) is 23.8. The van der Waals surface area contributed by atoms with Crippen LogP contribution in [0, 0.1) is 5.82 Å². The van der Waals surface area contributed by atoms with Crippen molar-refractivity contribution in [1.82, 2.24) is 0 Å². The van der Waals surface area contributed by atoms with Gasteiger partial charge in [-0.1, -0.05) is 25.0 Å². The number of phenolic OH excluding ortho intramolecular Hbond substituents is 1. The van der Waals surface area contributed by atoms with Crippen molar-refractivity contribution >= 4 is 17.7 Å². The lowest BCUT2D eigenvalue weighted by Crippen LogP contribution is -2.10. The Labute approximate surface area is 182 Å². The first-order chi connectivity index (χ1) is 14.4. The maximum absolute atomic E-state index is 13.2. The number of aromatic hydroxyl groups is 1. The number of hydrogen-bond donors (Lipinski definition) is 1. The summed E-state index contributed by atoms with van der Waals surface area (Å²) >= 11 is 1.44. The lowest BCUT2D eigenvalue weighted by molar-refractivity contribution is 0.0596. The summed E-state index contributed by atoms with van der Waals surface area (Å²) in [6.07, 6.45) is 4.31. The minimum absolute atomic E-state index is 0.108. The molecule has 0 heterocycles. The van der Waals surface area contributed by atoms with E-state index in [1.807, 2.05) is 26.0 Å². The van der Waals surface area contributed by atoms with Crippen LogP contribution in [0.4, 0.5) is 4.39 Å². The van der Waals surface area contributed by atoms with Crippen LogP contribution < -0.4 is 4.74 Å². The van der Waals surface area contributed by atoms with Gasteiger partial charge in [0.05, 0.1) is 13.7 Å². The number of halogens is 1. The summed E-state index contributed by atoms with van der Waals surface area (Å²) in [5.41, 5.74) is 2.43. The maximum Gasteiger partial charge on any atom is 0.341 e. The highest BCUT2D eigenvalue weighted by Crippen LogP contribution is 2.38. The Balaban J connectivity index is 2.46. The molecule has 0 aromatic heterocycles. The zero-order chi connectivity index (χ0) is 22.1. The molecule has 0 aliphatic carbocycles. The molecule has 0 saturated heterocycles. The molecule has 1 N–H and O–H groups in total. The molecule has 0 radical (unpaired) electrons. The molecule has 0 aliphatic rings. The molecule has 0 spiro atoms. The van der Waals surface area contributed by atoms with E-state index in [1.165, 1.54) is 31.0 Å². The predicted molar refractivity (Wildman–Crippen MR) is 119 cm³/mol. The molecule has 0 bridgehead atoms. The number of ether oxygens (including phenoxy) is 2. The van der Waals surface area contributed by atoms with Crippen molar-refractivity contribution < 1.29 is 23.8 Å². The van der Waals surface area contributed by atoms with E-state index in [2.05, 4.69) is 6.92 Å². The third-order valence-electron chi connectivity index (χ3n) is 4.51. The van der Waals surface area contributed by atoms with Gasteiger partial charge in [-0.05, 0) is 62.6 Å². The highest BCUT2D eigenvalue weighted by Gasteiger charge is 2.24. The van der Waals surface area contributed by atoms with E-state index in [4.69, 9.17) is 9.47 Å². The number of phenols is 1.